The van der Waals surface area contributed by atoms with Crippen LogP contribution in [0.2, 0.25) is 0 Å². The predicted molar refractivity (Wildman–Crippen MR) is 100 cm³/mol. The molecule has 2 aromatic rings. The third-order valence-electron chi connectivity index (χ3n) is 5.32. The molecule has 1 aromatic heterocycles. The van der Waals surface area contributed by atoms with E-state index in [1.807, 2.05) is 32.0 Å². The quantitative estimate of drug-likeness (QED) is 0.748. The van der Waals surface area contributed by atoms with Crippen LogP contribution in [0.1, 0.15) is 66.7 Å². The van der Waals surface area contributed by atoms with Crippen LogP contribution < -0.4 is 0 Å². The maximum atomic E-state index is 12.9. The van der Waals surface area contributed by atoms with Crippen molar-refractivity contribution in [3.63, 3.8) is 0 Å². The molecule has 1 atom stereocenters. The molecule has 1 saturated carbocycles. The monoisotopic (exact) mass is 370 g/mol. The van der Waals surface area contributed by atoms with Crippen molar-refractivity contribution >= 4 is 11.9 Å². The Labute approximate surface area is 159 Å². The normalized spacial score (nSPS) is 17.1. The predicted octanol–water partition coefficient (Wildman–Crippen LogP) is 3.83. The molecule has 1 fully saturated rings. The maximum absolute atomic E-state index is 12.9. The number of aryl methyl sites for hydroxylation is 1. The second-order valence-corrected chi connectivity index (χ2v) is 7.21. The minimum Gasteiger partial charge on any atom is -0.466 e. The summed E-state index contributed by atoms with van der Waals surface area (Å²) in [6.45, 7) is 4.03. The van der Waals surface area contributed by atoms with Crippen LogP contribution in [0.15, 0.2) is 36.8 Å². The van der Waals surface area contributed by atoms with Crippen LogP contribution in [0.5, 0.6) is 0 Å². The molecular formula is C21H26N2O4. The largest absolute Gasteiger partial charge is 0.466 e. The number of methoxy groups -OCH3 is 1. The van der Waals surface area contributed by atoms with E-state index in [1.165, 1.54) is 13.3 Å². The molecule has 1 aromatic carbocycles. The molecule has 0 unspecified atom stereocenters. The Morgan fingerprint density at radius 3 is 2.63 bits per heavy atom. The van der Waals surface area contributed by atoms with Crippen molar-refractivity contribution in [3.05, 3.63) is 53.6 Å². The van der Waals surface area contributed by atoms with Crippen LogP contribution in [-0.4, -0.2) is 34.2 Å². The van der Waals surface area contributed by atoms with E-state index in [1.54, 1.807) is 10.9 Å². The molecule has 1 aliphatic carbocycles. The molecule has 0 bridgehead atoms. The Bertz CT molecular complexity index is 821. The molecule has 0 N–H and O–H groups in total. The zero-order valence-electron chi connectivity index (χ0n) is 16.1. The Kier molecular flexibility index (Phi) is 5.63. The van der Waals surface area contributed by atoms with Crippen molar-refractivity contribution in [2.75, 3.05) is 7.11 Å². The van der Waals surface area contributed by atoms with Crippen molar-refractivity contribution in [1.29, 1.82) is 0 Å². The zero-order valence-corrected chi connectivity index (χ0v) is 16.1. The topological polar surface area (TPSA) is 70.4 Å². The summed E-state index contributed by atoms with van der Waals surface area (Å²) in [5, 5.41) is 0. The van der Waals surface area contributed by atoms with E-state index in [0.29, 0.717) is 18.5 Å². The van der Waals surface area contributed by atoms with Gasteiger partial charge in [-0.25, -0.2) is 14.6 Å². The van der Waals surface area contributed by atoms with Gasteiger partial charge in [-0.3, -0.25) is 0 Å². The summed E-state index contributed by atoms with van der Waals surface area (Å²) in [5.41, 5.74) is 1.36. The molecule has 0 aliphatic heterocycles. The van der Waals surface area contributed by atoms with Crippen LogP contribution in [0.3, 0.4) is 0 Å². The lowest BCUT2D eigenvalue weighted by Crippen LogP contribution is -2.46. The van der Waals surface area contributed by atoms with E-state index >= 15 is 0 Å². The van der Waals surface area contributed by atoms with E-state index in [-0.39, 0.29) is 6.04 Å². The van der Waals surface area contributed by atoms with Gasteiger partial charge in [0.25, 0.3) is 0 Å². The molecule has 3 rings (SSSR count). The summed E-state index contributed by atoms with van der Waals surface area (Å²) >= 11 is 0. The molecule has 0 spiro atoms. The Hall–Kier alpha value is -2.63. The van der Waals surface area contributed by atoms with Gasteiger partial charge in [0.05, 0.1) is 25.7 Å². The summed E-state index contributed by atoms with van der Waals surface area (Å²) in [6.07, 6.45) is 6.79. The van der Waals surface area contributed by atoms with Gasteiger partial charge in [-0.15, -0.1) is 0 Å². The molecule has 6 heteroatoms. The first-order chi connectivity index (χ1) is 13.0. The SMILES string of the molecule is COC(=O)C1(OC(=O)c2cncn2[C@H](C)c2cccc(C)c2)CCCCC1. The first kappa shape index (κ1) is 19.1. The number of ether oxygens (including phenoxy) is 2. The lowest BCUT2D eigenvalue weighted by Gasteiger charge is -2.33. The molecule has 0 radical (unpaired) electrons. The third-order valence-corrected chi connectivity index (χ3v) is 5.32. The smallest absolute Gasteiger partial charge is 0.357 e. The molecular weight excluding hydrogens is 344 g/mol. The highest BCUT2D eigenvalue weighted by Gasteiger charge is 2.45. The van der Waals surface area contributed by atoms with Gasteiger partial charge in [-0.1, -0.05) is 36.2 Å². The van der Waals surface area contributed by atoms with Crippen LogP contribution >= 0.6 is 0 Å². The fourth-order valence-electron chi connectivity index (χ4n) is 3.75. The van der Waals surface area contributed by atoms with Crippen LogP contribution in [0.25, 0.3) is 0 Å². The molecule has 27 heavy (non-hydrogen) atoms. The van der Waals surface area contributed by atoms with Gasteiger partial charge in [0.2, 0.25) is 5.60 Å². The molecule has 6 nitrogen and oxygen atoms in total. The number of carbonyl (C=O) groups is 2. The Morgan fingerprint density at radius 2 is 1.96 bits per heavy atom. The van der Waals surface area contributed by atoms with Gasteiger partial charge in [0, 0.05) is 0 Å². The second kappa shape index (κ2) is 7.94. The van der Waals surface area contributed by atoms with Crippen LogP contribution in [0, 0.1) is 6.92 Å². The first-order valence-electron chi connectivity index (χ1n) is 9.37. The number of hydrogen-bond acceptors (Lipinski definition) is 5. The number of imidazole rings is 1. The van der Waals surface area contributed by atoms with E-state index in [4.69, 9.17) is 9.47 Å². The highest BCUT2D eigenvalue weighted by atomic mass is 16.6. The summed E-state index contributed by atoms with van der Waals surface area (Å²) in [6, 6.07) is 8.03. The highest BCUT2D eigenvalue weighted by molar-refractivity contribution is 5.91. The van der Waals surface area contributed by atoms with Crippen molar-refractivity contribution < 1.29 is 19.1 Å². The summed E-state index contributed by atoms with van der Waals surface area (Å²) in [7, 11) is 1.33. The van der Waals surface area contributed by atoms with Crippen LogP contribution in [-0.2, 0) is 14.3 Å². The summed E-state index contributed by atoms with van der Waals surface area (Å²) < 4.78 is 12.5. The fraction of sp³-hybridized carbons (Fsp3) is 0.476. The van der Waals surface area contributed by atoms with Crippen molar-refractivity contribution in [2.45, 2.75) is 57.6 Å². The van der Waals surface area contributed by atoms with Gasteiger partial charge in [-0.05, 0) is 45.1 Å². The second-order valence-electron chi connectivity index (χ2n) is 7.21. The number of carbonyl (C=O) groups excluding carboxylic acids is 2. The van der Waals surface area contributed by atoms with Crippen molar-refractivity contribution in [2.24, 2.45) is 0 Å². The minimum absolute atomic E-state index is 0.0876. The van der Waals surface area contributed by atoms with Gasteiger partial charge in [0.15, 0.2) is 0 Å². The molecule has 1 aliphatic rings. The van der Waals surface area contributed by atoms with Crippen LogP contribution in [0.4, 0.5) is 0 Å². The van der Waals surface area contributed by atoms with E-state index < -0.39 is 17.5 Å². The van der Waals surface area contributed by atoms with Gasteiger partial charge in [-0.2, -0.15) is 0 Å². The third kappa shape index (κ3) is 3.89. The number of nitrogens with zero attached hydrogens (tertiary/aromatic N) is 2. The molecule has 144 valence electrons. The van der Waals surface area contributed by atoms with Gasteiger partial charge < -0.3 is 14.0 Å². The number of esters is 2. The standard InChI is InChI=1S/C21H26N2O4/c1-15-8-7-9-17(12-15)16(2)23-14-22-13-18(23)19(24)27-21(20(25)26-3)10-5-4-6-11-21/h7-9,12-14,16H,4-6,10-11H2,1-3H3/t16-/m1/s1. The average molecular weight is 370 g/mol. The molecule has 0 amide bonds. The van der Waals surface area contributed by atoms with E-state index in [2.05, 4.69) is 11.1 Å². The lowest BCUT2D eigenvalue weighted by atomic mass is 9.84. The number of rotatable bonds is 5. The van der Waals surface area contributed by atoms with E-state index in [0.717, 1.165) is 30.4 Å². The fourth-order valence-corrected chi connectivity index (χ4v) is 3.75. The summed E-state index contributed by atoms with van der Waals surface area (Å²) in [4.78, 5) is 29.4. The molecule has 1 heterocycles. The lowest BCUT2D eigenvalue weighted by molar-refractivity contribution is -0.166. The first-order valence-corrected chi connectivity index (χ1v) is 9.37. The van der Waals surface area contributed by atoms with Crippen molar-refractivity contribution in [1.82, 2.24) is 9.55 Å². The maximum Gasteiger partial charge on any atom is 0.357 e. The Morgan fingerprint density at radius 1 is 1.22 bits per heavy atom. The highest BCUT2D eigenvalue weighted by Crippen LogP contribution is 2.34. The molecule has 0 saturated heterocycles. The number of aromatic nitrogens is 2. The zero-order chi connectivity index (χ0) is 19.4. The number of benzene rings is 1. The van der Waals surface area contributed by atoms with Gasteiger partial charge >= 0.3 is 11.9 Å². The Balaban J connectivity index is 1.86. The number of hydrogen-bond donors (Lipinski definition) is 0. The average Bonchev–Trinajstić information content (AvgIpc) is 3.17. The van der Waals surface area contributed by atoms with Gasteiger partial charge in [0.1, 0.15) is 5.69 Å². The minimum atomic E-state index is -1.19. The van der Waals surface area contributed by atoms with Crippen molar-refractivity contribution in [3.8, 4) is 0 Å². The van der Waals surface area contributed by atoms with E-state index in [9.17, 15) is 9.59 Å². The summed E-state index contributed by atoms with van der Waals surface area (Å²) in [5.74, 6) is -1.02.